The minimum Gasteiger partial charge on any atom is -0.425 e. The van der Waals surface area contributed by atoms with Crippen molar-refractivity contribution in [3.05, 3.63) is 75.3 Å². The average Bonchev–Trinajstić information content (AvgIpc) is 3.13. The zero-order valence-electron chi connectivity index (χ0n) is 14.6. The Labute approximate surface area is 162 Å². The first kappa shape index (κ1) is 16.3. The van der Waals surface area contributed by atoms with Gasteiger partial charge in [-0.2, -0.15) is 0 Å². The lowest BCUT2D eigenvalue weighted by molar-refractivity contribution is -0.151. The largest absolute Gasteiger partial charge is 0.425 e. The molecule has 0 saturated heterocycles. The van der Waals surface area contributed by atoms with E-state index in [4.69, 9.17) is 4.74 Å². The second-order valence-corrected chi connectivity index (χ2v) is 8.67. The van der Waals surface area contributed by atoms with Crippen LogP contribution in [0.15, 0.2) is 58.6 Å². The fourth-order valence-corrected chi connectivity index (χ4v) is 5.68. The minimum atomic E-state index is -0.383. The molecule has 1 saturated carbocycles. The number of halogens is 1. The second-order valence-electron chi connectivity index (χ2n) is 7.75. The van der Waals surface area contributed by atoms with E-state index in [1.165, 1.54) is 16.7 Å². The number of esters is 1. The van der Waals surface area contributed by atoms with Gasteiger partial charge in [0, 0.05) is 16.0 Å². The van der Waals surface area contributed by atoms with Gasteiger partial charge in [-0.1, -0.05) is 65.2 Å². The van der Waals surface area contributed by atoms with Crippen LogP contribution in [-0.4, -0.2) is 5.97 Å². The highest BCUT2D eigenvalue weighted by Gasteiger charge is 2.55. The molecule has 0 aromatic heterocycles. The quantitative estimate of drug-likeness (QED) is 0.540. The molecule has 2 aromatic carbocycles. The van der Waals surface area contributed by atoms with Gasteiger partial charge in [0.25, 0.3) is 0 Å². The molecule has 5 rings (SSSR count). The Balaban J connectivity index is 1.75. The van der Waals surface area contributed by atoms with Crippen molar-refractivity contribution in [1.82, 2.24) is 0 Å². The predicted molar refractivity (Wildman–Crippen MR) is 106 cm³/mol. The van der Waals surface area contributed by atoms with E-state index in [0.29, 0.717) is 0 Å². The van der Waals surface area contributed by atoms with Crippen molar-refractivity contribution in [1.29, 1.82) is 0 Å². The van der Waals surface area contributed by atoms with E-state index in [1.807, 2.05) is 6.07 Å². The third-order valence-electron chi connectivity index (χ3n) is 6.40. The Morgan fingerprint density at radius 1 is 1.00 bits per heavy atom. The number of carbonyl (C=O) groups is 1. The summed E-state index contributed by atoms with van der Waals surface area (Å²) in [7, 11) is 0. The molecular weight excluding hydrogens is 388 g/mol. The average molecular weight is 409 g/mol. The van der Waals surface area contributed by atoms with Crippen molar-refractivity contribution < 1.29 is 9.53 Å². The molecule has 3 heteroatoms. The summed E-state index contributed by atoms with van der Waals surface area (Å²) in [6.45, 7) is 0. The summed E-state index contributed by atoms with van der Waals surface area (Å²) in [5, 5.41) is 0. The van der Waals surface area contributed by atoms with Crippen molar-refractivity contribution in [2.24, 2.45) is 5.41 Å². The molecule has 1 fully saturated rings. The van der Waals surface area contributed by atoms with Gasteiger partial charge in [-0.25, -0.2) is 0 Å². The number of aryl methyl sites for hydroxylation is 1. The van der Waals surface area contributed by atoms with Crippen LogP contribution in [0.1, 0.15) is 54.7 Å². The topological polar surface area (TPSA) is 26.3 Å². The van der Waals surface area contributed by atoms with Crippen LogP contribution in [0.3, 0.4) is 0 Å². The molecule has 2 aliphatic carbocycles. The number of hydrogen-bond donors (Lipinski definition) is 0. The van der Waals surface area contributed by atoms with Gasteiger partial charge in [0.2, 0.25) is 0 Å². The maximum Gasteiger partial charge on any atom is 0.318 e. The highest BCUT2D eigenvalue weighted by molar-refractivity contribution is 9.10. The van der Waals surface area contributed by atoms with E-state index in [1.54, 1.807) is 0 Å². The first-order valence-corrected chi connectivity index (χ1v) is 10.3. The normalized spacial score (nSPS) is 23.6. The van der Waals surface area contributed by atoms with Crippen molar-refractivity contribution in [3.8, 4) is 0 Å². The number of ether oxygens (including phenoxy) is 1. The molecule has 1 spiro atoms. The van der Waals surface area contributed by atoms with Crippen LogP contribution in [0.4, 0.5) is 0 Å². The lowest BCUT2D eigenvalue weighted by Crippen LogP contribution is -2.41. The van der Waals surface area contributed by atoms with Crippen LogP contribution >= 0.6 is 15.9 Å². The Morgan fingerprint density at radius 2 is 1.81 bits per heavy atom. The molecule has 1 atom stereocenters. The van der Waals surface area contributed by atoms with Crippen LogP contribution in [0.5, 0.6) is 0 Å². The van der Waals surface area contributed by atoms with Gasteiger partial charge in [0.15, 0.2) is 0 Å². The molecule has 132 valence electrons. The Bertz CT molecular complexity index is 921. The summed E-state index contributed by atoms with van der Waals surface area (Å²) in [6, 6.07) is 16.9. The molecule has 3 aliphatic rings. The number of rotatable bonds is 1. The Morgan fingerprint density at radius 3 is 2.62 bits per heavy atom. The molecule has 0 N–H and O–H groups in total. The van der Waals surface area contributed by atoms with Gasteiger partial charge >= 0.3 is 5.97 Å². The Hall–Kier alpha value is -1.87. The van der Waals surface area contributed by atoms with Crippen molar-refractivity contribution >= 4 is 27.7 Å². The van der Waals surface area contributed by atoms with Gasteiger partial charge < -0.3 is 4.74 Å². The van der Waals surface area contributed by atoms with Crippen molar-refractivity contribution in [2.75, 3.05) is 0 Å². The van der Waals surface area contributed by atoms with Crippen molar-refractivity contribution in [2.45, 2.75) is 44.4 Å². The Kier molecular flexibility index (Phi) is 3.82. The number of fused-ring (bicyclic) bond motifs is 2. The molecule has 0 radical (unpaired) electrons. The van der Waals surface area contributed by atoms with E-state index in [9.17, 15) is 4.79 Å². The second kappa shape index (κ2) is 6.09. The van der Waals surface area contributed by atoms with Gasteiger partial charge in [-0.05, 0) is 54.5 Å². The van der Waals surface area contributed by atoms with Gasteiger partial charge in [-0.15, -0.1) is 0 Å². The smallest absolute Gasteiger partial charge is 0.318 e. The number of hydrogen-bond acceptors (Lipinski definition) is 2. The highest BCUT2D eigenvalue weighted by atomic mass is 79.9. The molecular formula is C23H21BrO2. The van der Waals surface area contributed by atoms with E-state index < -0.39 is 0 Å². The van der Waals surface area contributed by atoms with Crippen LogP contribution in [-0.2, 0) is 16.0 Å². The molecule has 2 aromatic rings. The lowest BCUT2D eigenvalue weighted by Gasteiger charge is -2.43. The third kappa shape index (κ3) is 2.33. The number of benzene rings is 2. The molecule has 26 heavy (non-hydrogen) atoms. The van der Waals surface area contributed by atoms with Gasteiger partial charge in [-0.3, -0.25) is 4.79 Å². The standard InChI is InChI=1S/C23H21BrO2/c24-17-8-5-7-16(14-17)20-19-11-10-15-6-1-2-9-18(15)21(19)26-22(25)23(20)12-3-4-13-23/h1-2,5-9,14,20H,3-4,10-13H2. The molecule has 0 bridgehead atoms. The molecule has 1 heterocycles. The zero-order chi connectivity index (χ0) is 17.7. The zero-order valence-corrected chi connectivity index (χ0v) is 16.2. The van der Waals surface area contributed by atoms with E-state index >= 15 is 0 Å². The fourth-order valence-electron chi connectivity index (χ4n) is 5.26. The molecule has 1 aliphatic heterocycles. The molecule has 2 nitrogen and oxygen atoms in total. The minimum absolute atomic E-state index is 0.0181. The van der Waals surface area contributed by atoms with Gasteiger partial charge in [0.1, 0.15) is 5.76 Å². The van der Waals surface area contributed by atoms with Crippen molar-refractivity contribution in [3.63, 3.8) is 0 Å². The molecule has 0 amide bonds. The first-order chi connectivity index (χ1) is 12.7. The lowest BCUT2D eigenvalue weighted by atomic mass is 9.63. The van der Waals surface area contributed by atoms with Crippen LogP contribution in [0.25, 0.3) is 5.76 Å². The third-order valence-corrected chi connectivity index (χ3v) is 6.89. The van der Waals surface area contributed by atoms with E-state index in [-0.39, 0.29) is 17.3 Å². The first-order valence-electron chi connectivity index (χ1n) is 9.48. The highest BCUT2D eigenvalue weighted by Crippen LogP contribution is 2.59. The maximum atomic E-state index is 13.3. The number of allylic oxidation sites excluding steroid dienone is 1. The monoisotopic (exact) mass is 408 g/mol. The van der Waals surface area contributed by atoms with Crippen LogP contribution < -0.4 is 0 Å². The summed E-state index contributed by atoms with van der Waals surface area (Å²) in [4.78, 5) is 13.3. The van der Waals surface area contributed by atoms with Crippen LogP contribution in [0.2, 0.25) is 0 Å². The molecule has 1 unspecified atom stereocenters. The maximum absolute atomic E-state index is 13.3. The SMILES string of the molecule is O=C1OC2=C(CCc3ccccc32)C(c2cccc(Br)c2)C12CCCC2. The summed E-state index contributed by atoms with van der Waals surface area (Å²) >= 11 is 3.62. The van der Waals surface area contributed by atoms with E-state index in [0.717, 1.165) is 54.3 Å². The summed E-state index contributed by atoms with van der Waals surface area (Å²) in [5.74, 6) is 0.946. The summed E-state index contributed by atoms with van der Waals surface area (Å²) in [5.41, 5.74) is 4.57. The summed E-state index contributed by atoms with van der Waals surface area (Å²) in [6.07, 6.45) is 6.08. The van der Waals surface area contributed by atoms with Gasteiger partial charge in [0.05, 0.1) is 5.41 Å². The fraction of sp³-hybridized carbons (Fsp3) is 0.348. The summed E-state index contributed by atoms with van der Waals surface area (Å²) < 4.78 is 7.14. The van der Waals surface area contributed by atoms with Crippen LogP contribution in [0, 0.1) is 5.41 Å². The van der Waals surface area contributed by atoms with E-state index in [2.05, 4.69) is 58.4 Å². The number of carbonyl (C=O) groups excluding carboxylic acids is 1. The predicted octanol–water partition coefficient (Wildman–Crippen LogP) is 6.01.